The molecule has 0 radical (unpaired) electrons. The molecule has 1 heterocycles. The van der Waals surface area contributed by atoms with Gasteiger partial charge in [-0.05, 0) is 42.7 Å². The Hall–Kier alpha value is -4.95. The van der Waals surface area contributed by atoms with Gasteiger partial charge in [-0.15, -0.1) is 0 Å². The lowest BCUT2D eigenvalue weighted by atomic mass is 10.0. The summed E-state index contributed by atoms with van der Waals surface area (Å²) < 4.78 is 0. The molecule has 0 fully saturated rings. The molecule has 0 aliphatic rings. The molecule has 0 spiro atoms. The molecule has 10 N–H and O–H groups in total. The highest BCUT2D eigenvalue weighted by Gasteiger charge is 2.32. The molecule has 3 amide bonds. The topological polar surface area (TPSA) is 244 Å². The van der Waals surface area contributed by atoms with Crippen molar-refractivity contribution in [2.24, 2.45) is 5.73 Å². The summed E-state index contributed by atoms with van der Waals surface area (Å²) in [5, 5.41) is 46.1. The van der Waals surface area contributed by atoms with Crippen LogP contribution in [0.25, 0.3) is 10.9 Å². The van der Waals surface area contributed by atoms with Crippen molar-refractivity contribution in [1.82, 2.24) is 20.9 Å². The normalized spacial score (nSPS) is 14.6. The fourth-order valence-electron chi connectivity index (χ4n) is 4.36. The molecule has 3 rings (SSSR count). The zero-order valence-corrected chi connectivity index (χ0v) is 23.3. The number of carbonyl (C=O) groups is 5. The Kier molecular flexibility index (Phi) is 11.2. The van der Waals surface area contributed by atoms with E-state index < -0.39 is 72.8 Å². The Morgan fingerprint density at radius 1 is 0.837 bits per heavy atom. The molecule has 230 valence electrons. The van der Waals surface area contributed by atoms with Crippen LogP contribution in [0.3, 0.4) is 0 Å². The summed E-state index contributed by atoms with van der Waals surface area (Å²) in [6.07, 6.45) is -0.626. The van der Waals surface area contributed by atoms with Gasteiger partial charge in [0.2, 0.25) is 17.7 Å². The minimum absolute atomic E-state index is 0.0297. The molecule has 1 aromatic heterocycles. The minimum atomic E-state index is -1.55. The highest BCUT2D eigenvalue weighted by molar-refractivity contribution is 5.95. The molecule has 43 heavy (non-hydrogen) atoms. The van der Waals surface area contributed by atoms with E-state index in [1.54, 1.807) is 12.3 Å². The average molecular weight is 598 g/mol. The Balaban J connectivity index is 1.90. The number of nitrogens with two attached hydrogens (primary N) is 1. The zero-order valence-electron chi connectivity index (χ0n) is 23.3. The molecule has 5 atom stereocenters. The zero-order chi connectivity index (χ0) is 31.7. The number of aliphatic carboxylic acids is 2. The van der Waals surface area contributed by atoms with E-state index in [0.29, 0.717) is 11.1 Å². The number of hydrogen-bond acceptors (Lipinski definition) is 8. The molecule has 0 aliphatic heterocycles. The van der Waals surface area contributed by atoms with Crippen LogP contribution in [0.15, 0.2) is 54.7 Å². The van der Waals surface area contributed by atoms with Gasteiger partial charge < -0.3 is 47.1 Å². The SMILES string of the molecule is CC(O)C(N)C(=O)NC(Cc1c[nH]c2ccccc12)C(=O)NC(Cc1ccc(O)cc1)C(=O)NC(CCC(=O)O)C(=O)O. The quantitative estimate of drug-likeness (QED) is 0.111. The van der Waals surface area contributed by atoms with Crippen LogP contribution in [0.1, 0.15) is 30.9 Å². The number of aliphatic hydroxyl groups excluding tert-OH is 1. The van der Waals surface area contributed by atoms with Crippen molar-refractivity contribution in [2.45, 2.75) is 62.9 Å². The number of carboxylic acid groups (broad SMARTS) is 2. The fraction of sp³-hybridized carbons (Fsp3) is 0.345. The summed E-state index contributed by atoms with van der Waals surface area (Å²) in [5.41, 5.74) is 7.74. The predicted molar refractivity (Wildman–Crippen MR) is 154 cm³/mol. The van der Waals surface area contributed by atoms with Gasteiger partial charge in [-0.3, -0.25) is 19.2 Å². The maximum absolute atomic E-state index is 13.7. The van der Waals surface area contributed by atoms with Crippen LogP contribution < -0.4 is 21.7 Å². The van der Waals surface area contributed by atoms with Gasteiger partial charge in [-0.1, -0.05) is 30.3 Å². The maximum Gasteiger partial charge on any atom is 0.326 e. The molecular weight excluding hydrogens is 562 g/mol. The highest BCUT2D eigenvalue weighted by Crippen LogP contribution is 2.20. The number of fused-ring (bicyclic) bond motifs is 1. The summed E-state index contributed by atoms with van der Waals surface area (Å²) in [4.78, 5) is 65.5. The smallest absolute Gasteiger partial charge is 0.326 e. The van der Waals surface area contributed by atoms with E-state index in [0.717, 1.165) is 10.9 Å². The number of phenols is 1. The lowest BCUT2D eigenvalue weighted by Gasteiger charge is -2.26. The number of aliphatic hydroxyl groups is 1. The van der Waals surface area contributed by atoms with Gasteiger partial charge in [-0.2, -0.15) is 0 Å². The van der Waals surface area contributed by atoms with E-state index in [2.05, 4.69) is 20.9 Å². The van der Waals surface area contributed by atoms with Crippen LogP contribution in [0.2, 0.25) is 0 Å². The van der Waals surface area contributed by atoms with Crippen molar-refractivity contribution >= 4 is 40.6 Å². The summed E-state index contributed by atoms with van der Waals surface area (Å²) in [7, 11) is 0. The van der Waals surface area contributed by atoms with Gasteiger partial charge in [0.05, 0.1) is 6.10 Å². The van der Waals surface area contributed by atoms with E-state index in [-0.39, 0.29) is 18.6 Å². The third kappa shape index (κ3) is 9.28. The molecule has 0 aliphatic carbocycles. The molecule has 0 saturated heterocycles. The first kappa shape index (κ1) is 32.6. The maximum atomic E-state index is 13.7. The van der Waals surface area contributed by atoms with Crippen LogP contribution in [0, 0.1) is 0 Å². The molecular formula is C29H35N5O9. The summed E-state index contributed by atoms with van der Waals surface area (Å²) in [6.45, 7) is 1.32. The van der Waals surface area contributed by atoms with Crippen molar-refractivity contribution in [1.29, 1.82) is 0 Å². The second-order valence-electron chi connectivity index (χ2n) is 10.2. The van der Waals surface area contributed by atoms with E-state index in [1.807, 2.05) is 18.2 Å². The van der Waals surface area contributed by atoms with Crippen molar-refractivity contribution in [3.05, 3.63) is 65.9 Å². The number of rotatable bonds is 15. The van der Waals surface area contributed by atoms with Gasteiger partial charge in [0.1, 0.15) is 29.9 Å². The predicted octanol–water partition coefficient (Wildman–Crippen LogP) is -0.229. The van der Waals surface area contributed by atoms with Crippen molar-refractivity contribution in [3.63, 3.8) is 0 Å². The van der Waals surface area contributed by atoms with Gasteiger partial charge in [0.25, 0.3) is 0 Å². The highest BCUT2D eigenvalue weighted by atomic mass is 16.4. The first-order valence-corrected chi connectivity index (χ1v) is 13.5. The van der Waals surface area contributed by atoms with E-state index in [9.17, 15) is 39.3 Å². The minimum Gasteiger partial charge on any atom is -0.508 e. The Morgan fingerprint density at radius 3 is 2.02 bits per heavy atom. The van der Waals surface area contributed by atoms with Gasteiger partial charge in [-0.25, -0.2) is 4.79 Å². The number of aromatic amines is 1. The van der Waals surface area contributed by atoms with E-state index in [4.69, 9.17) is 10.8 Å². The Labute approximate surface area is 246 Å². The molecule has 14 nitrogen and oxygen atoms in total. The third-order valence-electron chi connectivity index (χ3n) is 6.83. The van der Waals surface area contributed by atoms with Gasteiger partial charge in [0, 0.05) is 36.4 Å². The number of phenolic OH excluding ortho intramolecular Hbond substituents is 1. The first-order valence-electron chi connectivity index (χ1n) is 13.5. The number of hydrogen-bond donors (Lipinski definition) is 9. The summed E-state index contributed by atoms with van der Waals surface area (Å²) in [6, 6.07) is 7.51. The number of carboxylic acids is 2. The molecule has 3 aromatic rings. The number of benzene rings is 2. The summed E-state index contributed by atoms with van der Waals surface area (Å²) >= 11 is 0. The second kappa shape index (κ2) is 14.8. The number of aromatic nitrogens is 1. The van der Waals surface area contributed by atoms with Crippen LogP contribution in [0.5, 0.6) is 5.75 Å². The lowest BCUT2D eigenvalue weighted by molar-refractivity contribution is -0.143. The largest absolute Gasteiger partial charge is 0.508 e. The van der Waals surface area contributed by atoms with Crippen LogP contribution in [0.4, 0.5) is 0 Å². The van der Waals surface area contributed by atoms with Gasteiger partial charge >= 0.3 is 11.9 Å². The van der Waals surface area contributed by atoms with Crippen molar-refractivity contribution in [3.8, 4) is 5.75 Å². The summed E-state index contributed by atoms with van der Waals surface area (Å²) in [5.74, 6) is -5.26. The number of para-hydroxylation sites is 1. The van der Waals surface area contributed by atoms with E-state index in [1.165, 1.54) is 31.2 Å². The lowest BCUT2D eigenvalue weighted by Crippen LogP contribution is -2.59. The van der Waals surface area contributed by atoms with Crippen LogP contribution in [-0.4, -0.2) is 85.3 Å². The van der Waals surface area contributed by atoms with Crippen LogP contribution in [-0.2, 0) is 36.8 Å². The number of H-pyrrole nitrogens is 1. The Bertz CT molecular complexity index is 1450. The van der Waals surface area contributed by atoms with Crippen molar-refractivity contribution in [2.75, 3.05) is 0 Å². The number of aromatic hydroxyl groups is 1. The van der Waals surface area contributed by atoms with Crippen molar-refractivity contribution < 1.29 is 44.4 Å². The fourth-order valence-corrected chi connectivity index (χ4v) is 4.36. The van der Waals surface area contributed by atoms with Gasteiger partial charge in [0.15, 0.2) is 0 Å². The number of carbonyl (C=O) groups excluding carboxylic acids is 3. The van der Waals surface area contributed by atoms with E-state index >= 15 is 0 Å². The van der Waals surface area contributed by atoms with Crippen LogP contribution >= 0.6 is 0 Å². The Morgan fingerprint density at radius 2 is 1.42 bits per heavy atom. The molecule has 0 bridgehead atoms. The molecule has 5 unspecified atom stereocenters. The number of amides is 3. The first-order chi connectivity index (χ1) is 20.3. The molecule has 2 aromatic carbocycles. The second-order valence-corrected chi connectivity index (χ2v) is 10.2. The standard InChI is InChI=1S/C29H35N5O9/c1-15(35)25(30)28(41)34-23(13-17-14-31-20-5-3-2-4-19(17)20)27(40)33-22(12-16-6-8-18(36)9-7-16)26(39)32-21(29(42)43)10-11-24(37)38/h2-9,14-15,21-23,25,31,35-36H,10-13,30H2,1H3,(H,32,39)(H,33,40)(H,34,41)(H,37,38)(H,42,43). The average Bonchev–Trinajstić information content (AvgIpc) is 3.37. The molecule has 0 saturated carbocycles. The molecule has 14 heteroatoms. The monoisotopic (exact) mass is 597 g/mol. The number of nitrogens with one attached hydrogen (secondary N) is 4. The third-order valence-corrected chi connectivity index (χ3v) is 6.83.